The maximum absolute atomic E-state index is 5.69. The Labute approximate surface area is 104 Å². The van der Waals surface area contributed by atoms with Crippen LogP contribution >= 0.6 is 11.6 Å². The highest BCUT2D eigenvalue weighted by Crippen LogP contribution is 2.26. The summed E-state index contributed by atoms with van der Waals surface area (Å²) in [6, 6.07) is 0. The molecular formula is C13H24ClNO. The number of ether oxygens (including phenoxy) is 1. The predicted octanol–water partition coefficient (Wildman–Crippen LogP) is 2.90. The lowest BCUT2D eigenvalue weighted by molar-refractivity contribution is 0.0122. The van der Waals surface area contributed by atoms with E-state index in [4.69, 9.17) is 16.3 Å². The average Bonchev–Trinajstić information content (AvgIpc) is 2.81. The minimum atomic E-state index is 0.471. The normalized spacial score (nSPS) is 25.3. The molecule has 1 heterocycles. The fourth-order valence-corrected chi connectivity index (χ4v) is 3.12. The lowest BCUT2D eigenvalue weighted by atomic mass is 10.0. The Balaban J connectivity index is 1.60. The molecule has 0 aromatic carbocycles. The first kappa shape index (κ1) is 12.7. The first-order valence-electron chi connectivity index (χ1n) is 6.78. The standard InChI is InChI=1S/C13H24ClNO/c14-7-10-16-13-5-8-15(9-6-13)11-12-3-1-2-4-12/h12-13H,1-11H2. The van der Waals surface area contributed by atoms with Gasteiger partial charge in [-0.15, -0.1) is 11.6 Å². The van der Waals surface area contributed by atoms with Crippen LogP contribution in [0.1, 0.15) is 38.5 Å². The molecule has 0 aromatic heterocycles. The van der Waals surface area contributed by atoms with E-state index in [-0.39, 0.29) is 0 Å². The van der Waals surface area contributed by atoms with Gasteiger partial charge in [-0.1, -0.05) is 12.8 Å². The summed E-state index contributed by atoms with van der Waals surface area (Å²) in [5.41, 5.74) is 0. The molecule has 1 saturated carbocycles. The molecule has 2 aliphatic rings. The summed E-state index contributed by atoms with van der Waals surface area (Å²) in [6.45, 7) is 4.50. The van der Waals surface area contributed by atoms with Crippen molar-refractivity contribution in [1.82, 2.24) is 4.90 Å². The number of likely N-dealkylation sites (tertiary alicyclic amines) is 1. The number of hydrogen-bond donors (Lipinski definition) is 0. The van der Waals surface area contributed by atoms with Crippen LogP contribution in [-0.2, 0) is 4.74 Å². The van der Waals surface area contributed by atoms with Crippen LogP contribution in [0.2, 0.25) is 0 Å². The quantitative estimate of drug-likeness (QED) is 0.691. The summed E-state index contributed by atoms with van der Waals surface area (Å²) < 4.78 is 5.69. The van der Waals surface area contributed by atoms with Crippen LogP contribution in [0.25, 0.3) is 0 Å². The summed E-state index contributed by atoms with van der Waals surface area (Å²) in [7, 11) is 0. The van der Waals surface area contributed by atoms with Gasteiger partial charge in [0, 0.05) is 25.5 Å². The Bertz CT molecular complexity index is 186. The third kappa shape index (κ3) is 3.90. The van der Waals surface area contributed by atoms with Gasteiger partial charge >= 0.3 is 0 Å². The first-order valence-corrected chi connectivity index (χ1v) is 7.32. The zero-order valence-corrected chi connectivity index (χ0v) is 10.9. The highest BCUT2D eigenvalue weighted by atomic mass is 35.5. The molecule has 2 fully saturated rings. The van der Waals surface area contributed by atoms with Crippen LogP contribution in [0.15, 0.2) is 0 Å². The van der Waals surface area contributed by atoms with Gasteiger partial charge in [-0.2, -0.15) is 0 Å². The molecule has 1 aliphatic carbocycles. The maximum Gasteiger partial charge on any atom is 0.0605 e. The molecule has 1 saturated heterocycles. The molecule has 0 aromatic rings. The van der Waals surface area contributed by atoms with E-state index in [0.717, 1.165) is 12.5 Å². The zero-order chi connectivity index (χ0) is 11.2. The molecule has 0 atom stereocenters. The lowest BCUT2D eigenvalue weighted by Gasteiger charge is -2.33. The molecule has 0 unspecified atom stereocenters. The van der Waals surface area contributed by atoms with E-state index in [9.17, 15) is 0 Å². The summed E-state index contributed by atoms with van der Waals surface area (Å²) in [5.74, 6) is 1.61. The Morgan fingerprint density at radius 1 is 1.06 bits per heavy atom. The largest absolute Gasteiger partial charge is 0.377 e. The minimum Gasteiger partial charge on any atom is -0.377 e. The second kappa shape index (κ2) is 6.83. The van der Waals surface area contributed by atoms with Crippen molar-refractivity contribution in [1.29, 1.82) is 0 Å². The summed E-state index contributed by atoms with van der Waals surface area (Å²) >= 11 is 5.63. The molecule has 16 heavy (non-hydrogen) atoms. The molecule has 2 rings (SSSR count). The van der Waals surface area contributed by atoms with Crippen LogP contribution in [0, 0.1) is 5.92 Å². The number of halogens is 1. The molecule has 2 nitrogen and oxygen atoms in total. The van der Waals surface area contributed by atoms with Crippen molar-refractivity contribution in [2.75, 3.05) is 32.1 Å². The maximum atomic E-state index is 5.69. The smallest absolute Gasteiger partial charge is 0.0605 e. The molecule has 94 valence electrons. The van der Waals surface area contributed by atoms with Crippen molar-refractivity contribution < 1.29 is 4.74 Å². The molecule has 0 N–H and O–H groups in total. The number of hydrogen-bond acceptors (Lipinski definition) is 2. The molecule has 0 amide bonds. The van der Waals surface area contributed by atoms with Gasteiger partial charge in [-0.3, -0.25) is 0 Å². The summed E-state index contributed by atoms with van der Waals surface area (Å²) in [5, 5.41) is 0. The van der Waals surface area contributed by atoms with Crippen molar-refractivity contribution in [3.8, 4) is 0 Å². The molecule has 3 heteroatoms. The van der Waals surface area contributed by atoms with Crippen LogP contribution in [0.5, 0.6) is 0 Å². The number of piperidine rings is 1. The zero-order valence-electron chi connectivity index (χ0n) is 10.2. The average molecular weight is 246 g/mol. The first-order chi connectivity index (χ1) is 7.88. The number of nitrogens with zero attached hydrogens (tertiary/aromatic N) is 1. The Morgan fingerprint density at radius 3 is 2.38 bits per heavy atom. The Morgan fingerprint density at radius 2 is 1.75 bits per heavy atom. The van der Waals surface area contributed by atoms with Gasteiger partial charge in [0.15, 0.2) is 0 Å². The molecule has 1 aliphatic heterocycles. The fourth-order valence-electron chi connectivity index (χ4n) is 3.03. The lowest BCUT2D eigenvalue weighted by Crippen LogP contribution is -2.39. The van der Waals surface area contributed by atoms with E-state index in [0.29, 0.717) is 12.0 Å². The number of alkyl halides is 1. The van der Waals surface area contributed by atoms with Crippen molar-refractivity contribution in [3.05, 3.63) is 0 Å². The Hall–Kier alpha value is 0.210. The van der Waals surface area contributed by atoms with Gasteiger partial charge < -0.3 is 9.64 Å². The molecule has 0 bridgehead atoms. The molecule has 0 radical (unpaired) electrons. The second-order valence-electron chi connectivity index (χ2n) is 5.21. The van der Waals surface area contributed by atoms with E-state index in [1.54, 1.807) is 0 Å². The van der Waals surface area contributed by atoms with E-state index in [1.165, 1.54) is 58.2 Å². The Kier molecular flexibility index (Phi) is 5.40. The summed E-state index contributed by atoms with van der Waals surface area (Å²) in [4.78, 5) is 2.64. The van der Waals surface area contributed by atoms with Gasteiger partial charge in [0.05, 0.1) is 12.7 Å². The monoisotopic (exact) mass is 245 g/mol. The highest BCUT2D eigenvalue weighted by Gasteiger charge is 2.23. The van der Waals surface area contributed by atoms with Crippen LogP contribution in [-0.4, -0.2) is 43.1 Å². The number of rotatable bonds is 5. The van der Waals surface area contributed by atoms with E-state index < -0.39 is 0 Å². The van der Waals surface area contributed by atoms with Crippen LogP contribution in [0.3, 0.4) is 0 Å². The molecular weight excluding hydrogens is 222 g/mol. The third-order valence-electron chi connectivity index (χ3n) is 3.96. The van der Waals surface area contributed by atoms with Crippen molar-refractivity contribution in [3.63, 3.8) is 0 Å². The summed E-state index contributed by atoms with van der Waals surface area (Å²) in [6.07, 6.45) is 8.71. The van der Waals surface area contributed by atoms with Crippen LogP contribution in [0.4, 0.5) is 0 Å². The second-order valence-corrected chi connectivity index (χ2v) is 5.59. The van der Waals surface area contributed by atoms with Gasteiger partial charge in [0.25, 0.3) is 0 Å². The van der Waals surface area contributed by atoms with E-state index in [2.05, 4.69) is 4.90 Å². The molecule has 0 spiro atoms. The SMILES string of the molecule is ClCCOC1CCN(CC2CCCC2)CC1. The third-order valence-corrected chi connectivity index (χ3v) is 4.11. The minimum absolute atomic E-state index is 0.471. The topological polar surface area (TPSA) is 12.5 Å². The van der Waals surface area contributed by atoms with Gasteiger partial charge in [-0.25, -0.2) is 0 Å². The van der Waals surface area contributed by atoms with Gasteiger partial charge in [0.2, 0.25) is 0 Å². The van der Waals surface area contributed by atoms with E-state index >= 15 is 0 Å². The fraction of sp³-hybridized carbons (Fsp3) is 1.00. The van der Waals surface area contributed by atoms with E-state index in [1.807, 2.05) is 0 Å². The highest BCUT2D eigenvalue weighted by molar-refractivity contribution is 6.17. The van der Waals surface area contributed by atoms with Gasteiger partial charge in [-0.05, 0) is 31.6 Å². The van der Waals surface area contributed by atoms with Gasteiger partial charge in [0.1, 0.15) is 0 Å². The van der Waals surface area contributed by atoms with Crippen LogP contribution < -0.4 is 0 Å². The van der Waals surface area contributed by atoms with Crippen molar-refractivity contribution >= 4 is 11.6 Å². The predicted molar refractivity (Wildman–Crippen MR) is 68.1 cm³/mol. The van der Waals surface area contributed by atoms with Crippen molar-refractivity contribution in [2.45, 2.75) is 44.6 Å². The van der Waals surface area contributed by atoms with Crippen molar-refractivity contribution in [2.24, 2.45) is 5.92 Å².